The molecule has 34 heavy (non-hydrogen) atoms. The first-order valence-electron chi connectivity index (χ1n) is 9.20. The SMILES string of the molecule is FC(F)Oc1ccc(NCc2ccc3c(C(F)(F)F)c(-c4nnn[nH]4)oc3c2)cc1C(F)(F)F. The van der Waals surface area contributed by atoms with Crippen molar-refractivity contribution in [2.45, 2.75) is 25.5 Å². The largest absolute Gasteiger partial charge is 0.452 e. The number of halogens is 8. The molecule has 4 rings (SSSR count). The Morgan fingerprint density at radius 2 is 1.76 bits per heavy atom. The van der Waals surface area contributed by atoms with E-state index in [1.165, 1.54) is 12.1 Å². The van der Waals surface area contributed by atoms with Gasteiger partial charge in [-0.1, -0.05) is 12.1 Å². The number of alkyl halides is 8. The average molecular weight is 493 g/mol. The maximum atomic E-state index is 13.6. The van der Waals surface area contributed by atoms with Crippen molar-refractivity contribution in [1.82, 2.24) is 20.6 Å². The number of hydrogen-bond acceptors (Lipinski definition) is 6. The lowest BCUT2D eigenvalue weighted by atomic mass is 10.1. The monoisotopic (exact) mass is 493 g/mol. The Hall–Kier alpha value is -3.91. The fourth-order valence-corrected chi connectivity index (χ4v) is 3.22. The predicted molar refractivity (Wildman–Crippen MR) is 99.8 cm³/mol. The second kappa shape index (κ2) is 8.46. The average Bonchev–Trinajstić information content (AvgIpc) is 3.38. The van der Waals surface area contributed by atoms with Gasteiger partial charge in [0.05, 0.1) is 5.56 Å². The summed E-state index contributed by atoms with van der Waals surface area (Å²) >= 11 is 0. The lowest BCUT2D eigenvalue weighted by Crippen LogP contribution is -2.12. The van der Waals surface area contributed by atoms with Crippen LogP contribution < -0.4 is 10.1 Å². The Morgan fingerprint density at radius 1 is 1.00 bits per heavy atom. The normalized spacial score (nSPS) is 12.5. The third-order valence-electron chi connectivity index (χ3n) is 4.60. The van der Waals surface area contributed by atoms with Crippen molar-refractivity contribution in [3.63, 3.8) is 0 Å². The molecular formula is C19H11F8N5O2. The van der Waals surface area contributed by atoms with Crippen LogP contribution in [-0.4, -0.2) is 27.2 Å². The van der Waals surface area contributed by atoms with Crippen LogP contribution in [0.3, 0.4) is 0 Å². The maximum Gasteiger partial charge on any atom is 0.420 e. The predicted octanol–water partition coefficient (Wildman–Crippen LogP) is 5.86. The van der Waals surface area contributed by atoms with Crippen molar-refractivity contribution in [1.29, 1.82) is 0 Å². The number of rotatable bonds is 6. The van der Waals surface area contributed by atoms with E-state index in [9.17, 15) is 35.1 Å². The van der Waals surface area contributed by atoms with Crippen molar-refractivity contribution in [3.8, 4) is 17.3 Å². The van der Waals surface area contributed by atoms with Crippen LogP contribution in [0.25, 0.3) is 22.6 Å². The quantitative estimate of drug-likeness (QED) is 0.327. The molecule has 0 atom stereocenters. The standard InChI is InChI=1S/C19H11F8N5O2/c20-17(21)34-12-4-2-9(6-11(12)18(22,23)24)28-7-8-1-3-10-13(5-8)33-15(14(10)19(25,26)27)16-29-31-32-30-16/h1-6,17,28H,7H2,(H,29,30,31,32). The van der Waals surface area contributed by atoms with Crippen LogP contribution >= 0.6 is 0 Å². The van der Waals surface area contributed by atoms with Gasteiger partial charge in [0.25, 0.3) is 0 Å². The Bertz CT molecular complexity index is 1300. The number of H-pyrrole nitrogens is 1. The molecule has 0 spiro atoms. The molecule has 180 valence electrons. The van der Waals surface area contributed by atoms with Gasteiger partial charge in [-0.2, -0.15) is 35.1 Å². The van der Waals surface area contributed by atoms with E-state index in [2.05, 4.69) is 30.7 Å². The molecule has 7 nitrogen and oxygen atoms in total. The smallest absolute Gasteiger partial charge is 0.420 e. The van der Waals surface area contributed by atoms with E-state index in [0.717, 1.165) is 18.2 Å². The summed E-state index contributed by atoms with van der Waals surface area (Å²) in [7, 11) is 0. The molecule has 0 amide bonds. The zero-order valence-electron chi connectivity index (χ0n) is 16.4. The molecule has 0 radical (unpaired) electrons. The molecular weight excluding hydrogens is 482 g/mol. The minimum Gasteiger partial charge on any atom is -0.452 e. The second-order valence-electron chi connectivity index (χ2n) is 6.83. The Kier molecular flexibility index (Phi) is 5.79. The number of benzene rings is 2. The first-order valence-corrected chi connectivity index (χ1v) is 9.20. The highest BCUT2D eigenvalue weighted by atomic mass is 19.4. The first-order chi connectivity index (χ1) is 15.9. The molecule has 2 heterocycles. The third kappa shape index (κ3) is 4.72. The number of aromatic nitrogens is 4. The number of nitrogens with one attached hydrogen (secondary N) is 2. The van der Waals surface area contributed by atoms with Gasteiger partial charge in [-0.05, 0) is 40.3 Å². The van der Waals surface area contributed by atoms with Gasteiger partial charge in [0.2, 0.25) is 5.82 Å². The first kappa shape index (κ1) is 23.3. The van der Waals surface area contributed by atoms with E-state index in [1.54, 1.807) is 0 Å². The number of aromatic amines is 1. The number of furan rings is 1. The lowest BCUT2D eigenvalue weighted by molar-refractivity contribution is -0.142. The summed E-state index contributed by atoms with van der Waals surface area (Å²) in [6.45, 7) is -3.57. The highest BCUT2D eigenvalue weighted by Crippen LogP contribution is 2.43. The number of ether oxygens (including phenoxy) is 1. The summed E-state index contributed by atoms with van der Waals surface area (Å²) in [6.07, 6.45) is -9.75. The number of tetrazole rings is 1. The van der Waals surface area contributed by atoms with E-state index >= 15 is 0 Å². The molecule has 2 aromatic heterocycles. The molecule has 0 aliphatic heterocycles. The van der Waals surface area contributed by atoms with Gasteiger partial charge in [0, 0.05) is 17.6 Å². The zero-order chi connectivity index (χ0) is 24.7. The van der Waals surface area contributed by atoms with Crippen molar-refractivity contribution in [3.05, 3.63) is 53.1 Å². The number of hydrogen-bond donors (Lipinski definition) is 2. The molecule has 2 N–H and O–H groups in total. The molecule has 4 aromatic rings. The Labute approximate surface area is 183 Å². The Morgan fingerprint density at radius 3 is 2.38 bits per heavy atom. The maximum absolute atomic E-state index is 13.6. The topological polar surface area (TPSA) is 88.9 Å². The van der Waals surface area contributed by atoms with E-state index in [-0.39, 0.29) is 29.0 Å². The van der Waals surface area contributed by atoms with Crippen molar-refractivity contribution < 1.29 is 44.3 Å². The van der Waals surface area contributed by atoms with Crippen LogP contribution in [0.4, 0.5) is 40.8 Å². The van der Waals surface area contributed by atoms with Crippen molar-refractivity contribution >= 4 is 16.7 Å². The van der Waals surface area contributed by atoms with Crippen LogP contribution in [0.2, 0.25) is 0 Å². The summed E-state index contributed by atoms with van der Waals surface area (Å²) in [4.78, 5) is 0. The summed E-state index contributed by atoms with van der Waals surface area (Å²) in [5, 5.41) is 14.5. The van der Waals surface area contributed by atoms with Crippen LogP contribution in [-0.2, 0) is 18.9 Å². The van der Waals surface area contributed by atoms with Crippen LogP contribution in [0.1, 0.15) is 16.7 Å². The van der Waals surface area contributed by atoms with E-state index in [1.807, 2.05) is 0 Å². The van der Waals surface area contributed by atoms with Gasteiger partial charge in [-0.3, -0.25) is 0 Å². The van der Waals surface area contributed by atoms with E-state index in [0.29, 0.717) is 11.6 Å². The highest BCUT2D eigenvalue weighted by molar-refractivity contribution is 5.88. The fraction of sp³-hybridized carbons (Fsp3) is 0.211. The molecule has 0 bridgehead atoms. The molecule has 0 saturated heterocycles. The molecule has 0 fully saturated rings. The van der Waals surface area contributed by atoms with Gasteiger partial charge in [-0.25, -0.2) is 5.10 Å². The van der Waals surface area contributed by atoms with Gasteiger partial charge in [0.1, 0.15) is 16.9 Å². The lowest BCUT2D eigenvalue weighted by Gasteiger charge is -2.15. The zero-order valence-corrected chi connectivity index (χ0v) is 16.4. The van der Waals surface area contributed by atoms with Gasteiger partial charge < -0.3 is 14.5 Å². The van der Waals surface area contributed by atoms with E-state index in [4.69, 9.17) is 4.42 Å². The molecule has 0 saturated carbocycles. The number of anilines is 1. The van der Waals surface area contributed by atoms with Crippen molar-refractivity contribution in [2.75, 3.05) is 5.32 Å². The summed E-state index contributed by atoms with van der Waals surface area (Å²) in [5.74, 6) is -2.00. The summed E-state index contributed by atoms with van der Waals surface area (Å²) in [6, 6.07) is 6.15. The minimum atomic E-state index is -4.96. The Balaban J connectivity index is 1.62. The molecule has 0 unspecified atom stereocenters. The summed E-state index contributed by atoms with van der Waals surface area (Å²) < 4.78 is 114. The molecule has 0 aliphatic rings. The molecule has 2 aromatic carbocycles. The fourth-order valence-electron chi connectivity index (χ4n) is 3.22. The van der Waals surface area contributed by atoms with Crippen molar-refractivity contribution in [2.24, 2.45) is 0 Å². The summed E-state index contributed by atoms with van der Waals surface area (Å²) in [5.41, 5.74) is -2.39. The number of fused-ring (bicyclic) bond motifs is 1. The number of nitrogens with zero attached hydrogens (tertiary/aromatic N) is 3. The van der Waals surface area contributed by atoms with Crippen LogP contribution in [0.5, 0.6) is 5.75 Å². The van der Waals surface area contributed by atoms with E-state index < -0.39 is 41.6 Å². The second-order valence-corrected chi connectivity index (χ2v) is 6.83. The molecule has 0 aliphatic carbocycles. The van der Waals surface area contributed by atoms with Crippen LogP contribution in [0, 0.1) is 0 Å². The highest BCUT2D eigenvalue weighted by Gasteiger charge is 2.40. The van der Waals surface area contributed by atoms with Gasteiger partial charge in [-0.15, -0.1) is 5.10 Å². The van der Waals surface area contributed by atoms with Gasteiger partial charge >= 0.3 is 19.0 Å². The van der Waals surface area contributed by atoms with Gasteiger partial charge in [0.15, 0.2) is 5.76 Å². The third-order valence-corrected chi connectivity index (χ3v) is 4.60. The minimum absolute atomic E-state index is 0.0853. The van der Waals surface area contributed by atoms with Crippen LogP contribution in [0.15, 0.2) is 40.8 Å². The molecule has 15 heteroatoms.